The van der Waals surface area contributed by atoms with E-state index in [1.54, 1.807) is 18.2 Å². The number of nitrogens with two attached hydrogens (primary N) is 1. The number of rotatable bonds is 3. The second-order valence-corrected chi connectivity index (χ2v) is 4.78. The molecule has 4 heteroatoms. The third-order valence-electron chi connectivity index (χ3n) is 3.05. The van der Waals surface area contributed by atoms with Crippen LogP contribution in [0.5, 0.6) is 0 Å². The Morgan fingerprint density at radius 2 is 1.42 bits per heavy atom. The SMILES string of the molecule is CC(N)(Cc1ccccc1F)c1c(F)cccc1F. The van der Waals surface area contributed by atoms with Crippen LogP contribution in [0.1, 0.15) is 18.1 Å². The monoisotopic (exact) mass is 265 g/mol. The van der Waals surface area contributed by atoms with Crippen LogP contribution < -0.4 is 5.73 Å². The van der Waals surface area contributed by atoms with Crippen LogP contribution in [0.15, 0.2) is 42.5 Å². The standard InChI is InChI=1S/C15H14F3N/c1-15(19,9-10-5-2-3-6-11(10)16)14-12(17)7-4-8-13(14)18/h2-8H,9,19H2,1H3. The van der Waals surface area contributed by atoms with Gasteiger partial charge in [-0.3, -0.25) is 0 Å². The van der Waals surface area contributed by atoms with Crippen molar-refractivity contribution in [1.82, 2.24) is 0 Å². The quantitative estimate of drug-likeness (QED) is 0.902. The Bertz CT molecular complexity index is 573. The maximum Gasteiger partial charge on any atom is 0.131 e. The second kappa shape index (κ2) is 5.05. The van der Waals surface area contributed by atoms with Crippen LogP contribution in [0, 0.1) is 17.5 Å². The lowest BCUT2D eigenvalue weighted by atomic mass is 9.85. The molecule has 1 unspecified atom stereocenters. The zero-order chi connectivity index (χ0) is 14.0. The fourth-order valence-corrected chi connectivity index (χ4v) is 2.17. The predicted molar refractivity (Wildman–Crippen MR) is 68.0 cm³/mol. The Morgan fingerprint density at radius 3 is 2.00 bits per heavy atom. The molecule has 0 radical (unpaired) electrons. The van der Waals surface area contributed by atoms with E-state index in [-0.39, 0.29) is 12.0 Å². The molecule has 0 heterocycles. The van der Waals surface area contributed by atoms with E-state index >= 15 is 0 Å². The van der Waals surface area contributed by atoms with Crippen LogP contribution >= 0.6 is 0 Å². The summed E-state index contributed by atoms with van der Waals surface area (Å²) in [5, 5.41) is 0. The van der Waals surface area contributed by atoms with Crippen molar-refractivity contribution in [1.29, 1.82) is 0 Å². The van der Waals surface area contributed by atoms with Gasteiger partial charge in [-0.05, 0) is 37.1 Å². The number of hydrogen-bond acceptors (Lipinski definition) is 1. The normalized spacial score (nSPS) is 14.2. The smallest absolute Gasteiger partial charge is 0.131 e. The van der Waals surface area contributed by atoms with Crippen molar-refractivity contribution in [2.75, 3.05) is 0 Å². The lowest BCUT2D eigenvalue weighted by molar-refractivity contribution is 0.418. The summed E-state index contributed by atoms with van der Waals surface area (Å²) in [5.74, 6) is -1.88. The molecule has 1 nitrogen and oxygen atoms in total. The van der Waals surface area contributed by atoms with Crippen LogP contribution in [0.25, 0.3) is 0 Å². The van der Waals surface area contributed by atoms with Crippen molar-refractivity contribution in [3.8, 4) is 0 Å². The Labute approximate surface area is 109 Å². The lowest BCUT2D eigenvalue weighted by Crippen LogP contribution is -2.37. The summed E-state index contributed by atoms with van der Waals surface area (Å²) in [6, 6.07) is 9.62. The Kier molecular flexibility index (Phi) is 3.62. The number of benzene rings is 2. The third kappa shape index (κ3) is 2.79. The summed E-state index contributed by atoms with van der Waals surface area (Å²) in [6.07, 6.45) is 0.0114. The molecule has 0 aliphatic rings. The molecular weight excluding hydrogens is 251 g/mol. The Hall–Kier alpha value is -1.81. The molecule has 0 bridgehead atoms. The van der Waals surface area contributed by atoms with Gasteiger partial charge in [-0.15, -0.1) is 0 Å². The molecule has 100 valence electrons. The van der Waals surface area contributed by atoms with Crippen LogP contribution in [-0.2, 0) is 12.0 Å². The van der Waals surface area contributed by atoms with Gasteiger partial charge in [0, 0.05) is 11.1 Å². The van der Waals surface area contributed by atoms with Gasteiger partial charge in [0.1, 0.15) is 17.5 Å². The molecule has 0 aromatic heterocycles. The maximum absolute atomic E-state index is 13.7. The van der Waals surface area contributed by atoms with E-state index in [1.807, 2.05) is 0 Å². The summed E-state index contributed by atoms with van der Waals surface area (Å²) >= 11 is 0. The minimum Gasteiger partial charge on any atom is -0.321 e. The highest BCUT2D eigenvalue weighted by Gasteiger charge is 2.29. The van der Waals surface area contributed by atoms with Gasteiger partial charge in [0.15, 0.2) is 0 Å². The largest absolute Gasteiger partial charge is 0.321 e. The van der Waals surface area contributed by atoms with Crippen molar-refractivity contribution in [3.63, 3.8) is 0 Å². The minimum atomic E-state index is -1.32. The molecule has 2 aromatic rings. The average molecular weight is 265 g/mol. The summed E-state index contributed by atoms with van der Waals surface area (Å²) in [6.45, 7) is 1.49. The predicted octanol–water partition coefficient (Wildman–Crippen LogP) is 3.52. The van der Waals surface area contributed by atoms with E-state index in [4.69, 9.17) is 5.73 Å². The summed E-state index contributed by atoms with van der Waals surface area (Å²) < 4.78 is 41.1. The van der Waals surface area contributed by atoms with E-state index in [0.29, 0.717) is 5.56 Å². The van der Waals surface area contributed by atoms with Crippen molar-refractivity contribution >= 4 is 0 Å². The zero-order valence-electron chi connectivity index (χ0n) is 10.5. The first kappa shape index (κ1) is 13.6. The van der Waals surface area contributed by atoms with Gasteiger partial charge in [0.2, 0.25) is 0 Å². The molecule has 2 N–H and O–H groups in total. The van der Waals surface area contributed by atoms with Gasteiger partial charge in [0.05, 0.1) is 0 Å². The topological polar surface area (TPSA) is 26.0 Å². The van der Waals surface area contributed by atoms with Crippen molar-refractivity contribution in [3.05, 3.63) is 71.0 Å². The number of hydrogen-bond donors (Lipinski definition) is 1. The summed E-state index contributed by atoms with van der Waals surface area (Å²) in [4.78, 5) is 0. The van der Waals surface area contributed by atoms with Crippen molar-refractivity contribution in [2.45, 2.75) is 18.9 Å². The highest BCUT2D eigenvalue weighted by atomic mass is 19.1. The first-order valence-corrected chi connectivity index (χ1v) is 5.88. The van der Waals surface area contributed by atoms with E-state index in [9.17, 15) is 13.2 Å². The molecule has 0 spiro atoms. The first-order valence-electron chi connectivity index (χ1n) is 5.88. The summed E-state index contributed by atoms with van der Waals surface area (Å²) in [5.41, 5.74) is 4.78. The molecule has 2 aromatic carbocycles. The molecule has 0 aliphatic heterocycles. The molecular formula is C15H14F3N. The van der Waals surface area contributed by atoms with Crippen LogP contribution in [-0.4, -0.2) is 0 Å². The van der Waals surface area contributed by atoms with E-state index in [2.05, 4.69) is 0 Å². The molecule has 0 fully saturated rings. The maximum atomic E-state index is 13.7. The number of halogens is 3. The average Bonchev–Trinajstić information content (AvgIpc) is 2.31. The van der Waals surface area contributed by atoms with Gasteiger partial charge in [-0.1, -0.05) is 24.3 Å². The van der Waals surface area contributed by atoms with E-state index in [0.717, 1.165) is 12.1 Å². The van der Waals surface area contributed by atoms with E-state index < -0.39 is 23.0 Å². The molecule has 0 saturated carbocycles. The molecule has 0 aliphatic carbocycles. The van der Waals surface area contributed by atoms with Gasteiger partial charge >= 0.3 is 0 Å². The molecule has 1 atom stereocenters. The molecule has 2 rings (SSSR count). The third-order valence-corrected chi connectivity index (χ3v) is 3.05. The Balaban J connectivity index is 2.41. The van der Waals surface area contributed by atoms with Gasteiger partial charge < -0.3 is 5.73 Å². The van der Waals surface area contributed by atoms with Crippen molar-refractivity contribution in [2.24, 2.45) is 5.73 Å². The highest BCUT2D eigenvalue weighted by Crippen LogP contribution is 2.28. The van der Waals surface area contributed by atoms with E-state index in [1.165, 1.54) is 19.1 Å². The lowest BCUT2D eigenvalue weighted by Gasteiger charge is -2.26. The van der Waals surface area contributed by atoms with Crippen LogP contribution in [0.3, 0.4) is 0 Å². The molecule has 0 amide bonds. The van der Waals surface area contributed by atoms with Gasteiger partial charge in [0.25, 0.3) is 0 Å². The van der Waals surface area contributed by atoms with Gasteiger partial charge in [-0.25, -0.2) is 13.2 Å². The minimum absolute atomic E-state index is 0.0114. The van der Waals surface area contributed by atoms with Crippen molar-refractivity contribution < 1.29 is 13.2 Å². The van der Waals surface area contributed by atoms with Crippen LogP contribution in [0.2, 0.25) is 0 Å². The molecule has 0 saturated heterocycles. The second-order valence-electron chi connectivity index (χ2n) is 4.78. The van der Waals surface area contributed by atoms with Crippen LogP contribution in [0.4, 0.5) is 13.2 Å². The first-order chi connectivity index (χ1) is 8.92. The fourth-order valence-electron chi connectivity index (χ4n) is 2.17. The highest BCUT2D eigenvalue weighted by molar-refractivity contribution is 5.30. The van der Waals surface area contributed by atoms with Gasteiger partial charge in [-0.2, -0.15) is 0 Å². The fraction of sp³-hybridized carbons (Fsp3) is 0.200. The zero-order valence-corrected chi connectivity index (χ0v) is 10.5. The summed E-state index contributed by atoms with van der Waals surface area (Å²) in [7, 11) is 0. The molecule has 19 heavy (non-hydrogen) atoms. The Morgan fingerprint density at radius 1 is 0.895 bits per heavy atom.